The van der Waals surface area contributed by atoms with Crippen molar-refractivity contribution < 1.29 is 14.0 Å². The average molecular weight is 284 g/mol. The number of rotatable bonds is 3. The van der Waals surface area contributed by atoms with Gasteiger partial charge in [-0.2, -0.15) is 0 Å². The fourth-order valence-electron chi connectivity index (χ4n) is 2.41. The van der Waals surface area contributed by atoms with E-state index in [0.717, 1.165) is 5.56 Å². The monoisotopic (exact) mass is 284 g/mol. The minimum Gasteiger partial charge on any atom is -0.345 e. The second-order valence-electron chi connectivity index (χ2n) is 4.87. The van der Waals surface area contributed by atoms with Gasteiger partial charge in [0.05, 0.1) is 12.5 Å². The third-order valence-corrected chi connectivity index (χ3v) is 3.40. The maximum Gasteiger partial charge on any atom is 0.252 e. The fraction of sp³-hybridized carbons (Fsp3) is 0.125. The molecule has 0 saturated carbocycles. The maximum atomic E-state index is 12.8. The van der Waals surface area contributed by atoms with Gasteiger partial charge in [0.25, 0.3) is 5.91 Å². The molecule has 0 radical (unpaired) electrons. The number of anilines is 1. The second kappa shape index (κ2) is 5.36. The number of amides is 2. The van der Waals surface area contributed by atoms with Gasteiger partial charge in [0.1, 0.15) is 5.82 Å². The van der Waals surface area contributed by atoms with E-state index in [2.05, 4.69) is 10.6 Å². The van der Waals surface area contributed by atoms with E-state index in [1.807, 2.05) is 12.1 Å². The van der Waals surface area contributed by atoms with E-state index in [9.17, 15) is 14.0 Å². The Morgan fingerprint density at radius 1 is 1.14 bits per heavy atom. The Morgan fingerprint density at radius 2 is 1.86 bits per heavy atom. The van der Waals surface area contributed by atoms with Crippen LogP contribution >= 0.6 is 0 Å². The van der Waals surface area contributed by atoms with Crippen LogP contribution in [0.2, 0.25) is 0 Å². The SMILES string of the molecule is O=C(C[C@H]1NC(=O)c2ccccc21)Nc1ccc(F)cc1. The molecule has 2 aromatic rings. The lowest BCUT2D eigenvalue weighted by Crippen LogP contribution is -2.24. The lowest BCUT2D eigenvalue weighted by molar-refractivity contribution is -0.116. The van der Waals surface area contributed by atoms with Gasteiger partial charge in [-0.15, -0.1) is 0 Å². The number of halogens is 1. The summed E-state index contributed by atoms with van der Waals surface area (Å²) in [6.45, 7) is 0. The molecule has 0 aliphatic carbocycles. The smallest absolute Gasteiger partial charge is 0.252 e. The molecule has 0 saturated heterocycles. The van der Waals surface area contributed by atoms with E-state index in [1.165, 1.54) is 24.3 Å². The molecule has 2 N–H and O–H groups in total. The van der Waals surface area contributed by atoms with Crippen molar-refractivity contribution in [3.63, 3.8) is 0 Å². The Labute approximate surface area is 121 Å². The van der Waals surface area contributed by atoms with E-state index >= 15 is 0 Å². The van der Waals surface area contributed by atoms with E-state index in [4.69, 9.17) is 0 Å². The van der Waals surface area contributed by atoms with Crippen molar-refractivity contribution in [1.82, 2.24) is 5.32 Å². The molecule has 21 heavy (non-hydrogen) atoms. The summed E-state index contributed by atoms with van der Waals surface area (Å²) in [4.78, 5) is 23.8. The fourth-order valence-corrected chi connectivity index (χ4v) is 2.41. The van der Waals surface area contributed by atoms with Gasteiger partial charge in [-0.05, 0) is 35.9 Å². The standard InChI is InChI=1S/C16H13FN2O2/c17-10-5-7-11(8-6-10)18-15(20)9-14-12-3-1-2-4-13(12)16(21)19-14/h1-8,14H,9H2,(H,18,20)(H,19,21)/t14-/m1/s1. The first-order valence-corrected chi connectivity index (χ1v) is 6.59. The van der Waals surface area contributed by atoms with Gasteiger partial charge < -0.3 is 10.6 Å². The number of nitrogens with one attached hydrogen (secondary N) is 2. The molecule has 5 heteroatoms. The largest absolute Gasteiger partial charge is 0.345 e. The molecule has 1 aliphatic heterocycles. The highest BCUT2D eigenvalue weighted by Gasteiger charge is 2.29. The zero-order valence-electron chi connectivity index (χ0n) is 11.1. The second-order valence-corrected chi connectivity index (χ2v) is 4.87. The summed E-state index contributed by atoms with van der Waals surface area (Å²) in [5.74, 6) is -0.751. The van der Waals surface area contributed by atoms with Crippen molar-refractivity contribution in [3.05, 3.63) is 65.5 Å². The molecule has 0 spiro atoms. The van der Waals surface area contributed by atoms with Gasteiger partial charge in [0, 0.05) is 11.3 Å². The summed E-state index contributed by atoms with van der Waals surface area (Å²) >= 11 is 0. The van der Waals surface area contributed by atoms with Gasteiger partial charge in [0.15, 0.2) is 0 Å². The Morgan fingerprint density at radius 3 is 2.62 bits per heavy atom. The minimum absolute atomic E-state index is 0.139. The Bertz CT molecular complexity index is 698. The lowest BCUT2D eigenvalue weighted by atomic mass is 10.0. The molecule has 106 valence electrons. The highest BCUT2D eigenvalue weighted by molar-refractivity contribution is 6.00. The van der Waals surface area contributed by atoms with Crippen LogP contribution in [-0.2, 0) is 4.79 Å². The van der Waals surface area contributed by atoms with Crippen molar-refractivity contribution in [2.75, 3.05) is 5.32 Å². The summed E-state index contributed by atoms with van der Waals surface area (Å²) in [5, 5.41) is 5.47. The third kappa shape index (κ3) is 2.76. The molecule has 4 nitrogen and oxygen atoms in total. The predicted octanol–water partition coefficient (Wildman–Crippen LogP) is 2.64. The van der Waals surface area contributed by atoms with Crippen LogP contribution in [0.15, 0.2) is 48.5 Å². The summed E-state index contributed by atoms with van der Waals surface area (Å²) in [7, 11) is 0. The molecule has 1 atom stereocenters. The molecule has 0 aromatic heterocycles. The number of carbonyl (C=O) groups excluding carboxylic acids is 2. The summed E-state index contributed by atoms with van der Waals surface area (Å²) in [6.07, 6.45) is 0.139. The average Bonchev–Trinajstić information content (AvgIpc) is 2.78. The van der Waals surface area contributed by atoms with Crippen molar-refractivity contribution in [2.24, 2.45) is 0 Å². The van der Waals surface area contributed by atoms with E-state index in [0.29, 0.717) is 11.3 Å². The topological polar surface area (TPSA) is 58.2 Å². The molecule has 1 aliphatic rings. The minimum atomic E-state index is -0.356. The van der Waals surface area contributed by atoms with Crippen LogP contribution in [0.1, 0.15) is 28.4 Å². The quantitative estimate of drug-likeness (QED) is 0.910. The van der Waals surface area contributed by atoms with Gasteiger partial charge in [0.2, 0.25) is 5.91 Å². The van der Waals surface area contributed by atoms with E-state index < -0.39 is 0 Å². The Kier molecular flexibility index (Phi) is 3.39. The molecule has 0 bridgehead atoms. The van der Waals surface area contributed by atoms with Gasteiger partial charge >= 0.3 is 0 Å². The van der Waals surface area contributed by atoms with Crippen LogP contribution in [0.25, 0.3) is 0 Å². The number of fused-ring (bicyclic) bond motifs is 1. The van der Waals surface area contributed by atoms with Crippen molar-refractivity contribution in [2.45, 2.75) is 12.5 Å². The summed E-state index contributed by atoms with van der Waals surface area (Å²) in [6, 6.07) is 12.4. The van der Waals surface area contributed by atoms with Crippen LogP contribution < -0.4 is 10.6 Å². The third-order valence-electron chi connectivity index (χ3n) is 3.40. The van der Waals surface area contributed by atoms with Crippen LogP contribution in [0.4, 0.5) is 10.1 Å². The maximum absolute atomic E-state index is 12.8. The molecule has 0 unspecified atom stereocenters. The molecule has 1 heterocycles. The van der Waals surface area contributed by atoms with Crippen molar-refractivity contribution in [1.29, 1.82) is 0 Å². The highest BCUT2D eigenvalue weighted by Crippen LogP contribution is 2.27. The van der Waals surface area contributed by atoms with Gasteiger partial charge in [-0.3, -0.25) is 9.59 Å². The molecule has 3 rings (SSSR count). The van der Waals surface area contributed by atoms with Crippen LogP contribution in [-0.4, -0.2) is 11.8 Å². The lowest BCUT2D eigenvalue weighted by Gasteiger charge is -2.12. The molecular formula is C16H13FN2O2. The Hall–Kier alpha value is -2.69. The molecule has 0 fully saturated rings. The summed E-state index contributed by atoms with van der Waals surface area (Å²) < 4.78 is 12.8. The molecular weight excluding hydrogens is 271 g/mol. The predicted molar refractivity (Wildman–Crippen MR) is 76.3 cm³/mol. The molecule has 2 aromatic carbocycles. The van der Waals surface area contributed by atoms with Crippen LogP contribution in [0.5, 0.6) is 0 Å². The van der Waals surface area contributed by atoms with Gasteiger partial charge in [-0.1, -0.05) is 18.2 Å². The number of carbonyl (C=O) groups is 2. The first-order valence-electron chi connectivity index (χ1n) is 6.59. The molecule has 2 amide bonds. The van der Waals surface area contributed by atoms with Crippen molar-refractivity contribution in [3.8, 4) is 0 Å². The number of hydrogen-bond acceptors (Lipinski definition) is 2. The zero-order valence-corrected chi connectivity index (χ0v) is 11.1. The van der Waals surface area contributed by atoms with Gasteiger partial charge in [-0.25, -0.2) is 4.39 Å². The first kappa shape index (κ1) is 13.3. The van der Waals surface area contributed by atoms with E-state index in [-0.39, 0.29) is 30.1 Å². The van der Waals surface area contributed by atoms with Crippen molar-refractivity contribution >= 4 is 17.5 Å². The summed E-state index contributed by atoms with van der Waals surface area (Å²) in [5.41, 5.74) is 1.97. The van der Waals surface area contributed by atoms with E-state index in [1.54, 1.807) is 12.1 Å². The van der Waals surface area contributed by atoms with Crippen LogP contribution in [0.3, 0.4) is 0 Å². The highest BCUT2D eigenvalue weighted by atomic mass is 19.1. The number of benzene rings is 2. The zero-order chi connectivity index (χ0) is 14.8. The number of hydrogen-bond donors (Lipinski definition) is 2. The normalized spacial score (nSPS) is 16.2. The Balaban J connectivity index is 1.69. The first-order chi connectivity index (χ1) is 10.1. The van der Waals surface area contributed by atoms with Crippen LogP contribution in [0, 0.1) is 5.82 Å².